The second kappa shape index (κ2) is 10.5. The number of aromatic nitrogens is 4. The van der Waals surface area contributed by atoms with E-state index in [1.807, 2.05) is 26.4 Å². The topological polar surface area (TPSA) is 88.5 Å². The van der Waals surface area contributed by atoms with Gasteiger partial charge in [0.15, 0.2) is 0 Å². The van der Waals surface area contributed by atoms with Crippen molar-refractivity contribution in [1.29, 1.82) is 0 Å². The van der Waals surface area contributed by atoms with Crippen LogP contribution in [0, 0.1) is 0 Å². The van der Waals surface area contributed by atoms with Crippen molar-refractivity contribution in [1.82, 2.24) is 24.8 Å². The molecule has 1 aromatic carbocycles. The maximum Gasteiger partial charge on any atom is 0.223 e. The molecule has 0 amide bonds. The van der Waals surface area contributed by atoms with Crippen LogP contribution in [0.2, 0.25) is 0 Å². The maximum absolute atomic E-state index is 6.54. The molecule has 0 spiro atoms. The molecular formula is C25H33N7O2. The van der Waals surface area contributed by atoms with Crippen molar-refractivity contribution in [3.05, 3.63) is 42.5 Å². The molecule has 5 rings (SSSR count). The second-order valence-corrected chi connectivity index (χ2v) is 9.31. The Morgan fingerprint density at radius 3 is 2.62 bits per heavy atom. The summed E-state index contributed by atoms with van der Waals surface area (Å²) in [5.41, 5.74) is 3.83. The summed E-state index contributed by atoms with van der Waals surface area (Å²) in [6.45, 7) is 4.04. The van der Waals surface area contributed by atoms with E-state index in [2.05, 4.69) is 47.2 Å². The average molecular weight is 464 g/mol. The number of hydrogen-bond donors (Lipinski definition) is 1. The van der Waals surface area contributed by atoms with E-state index in [0.29, 0.717) is 12.0 Å². The standard InChI is InChI=1S/C25H33N7O2/c1-31(2)17-19-7-8-28-25(30-19)29-18-3-5-21(6-4-18)34-23-16-20(32-11-13-33-14-12-32)15-22-24(23)27-10-9-26-22/h7-10,15-16,18,21H,3-6,11-14,17H2,1-2H3,(H,28,29,30). The molecule has 3 heterocycles. The minimum absolute atomic E-state index is 0.157. The number of fused-ring (bicyclic) bond motifs is 1. The summed E-state index contributed by atoms with van der Waals surface area (Å²) in [6, 6.07) is 6.54. The van der Waals surface area contributed by atoms with Crippen molar-refractivity contribution in [2.24, 2.45) is 0 Å². The maximum atomic E-state index is 6.54. The van der Waals surface area contributed by atoms with Gasteiger partial charge >= 0.3 is 0 Å². The molecule has 1 saturated carbocycles. The zero-order valence-corrected chi connectivity index (χ0v) is 20.0. The number of rotatable bonds is 7. The summed E-state index contributed by atoms with van der Waals surface area (Å²) in [5.74, 6) is 1.53. The SMILES string of the molecule is CN(C)Cc1ccnc(NC2CCC(Oc3cc(N4CCOCC4)cc4nccnc34)CC2)n1. The van der Waals surface area contributed by atoms with Crippen molar-refractivity contribution in [2.45, 2.75) is 44.4 Å². The molecular weight excluding hydrogens is 430 g/mol. The first-order valence-corrected chi connectivity index (χ1v) is 12.1. The Labute approximate surface area is 200 Å². The first kappa shape index (κ1) is 22.7. The van der Waals surface area contributed by atoms with Gasteiger partial charge in [-0.25, -0.2) is 15.0 Å². The first-order valence-electron chi connectivity index (χ1n) is 12.1. The van der Waals surface area contributed by atoms with Crippen LogP contribution >= 0.6 is 0 Å². The van der Waals surface area contributed by atoms with Gasteiger partial charge in [-0.2, -0.15) is 0 Å². The van der Waals surface area contributed by atoms with Gasteiger partial charge < -0.3 is 24.6 Å². The highest BCUT2D eigenvalue weighted by Crippen LogP contribution is 2.33. The molecule has 1 N–H and O–H groups in total. The summed E-state index contributed by atoms with van der Waals surface area (Å²) in [7, 11) is 4.09. The van der Waals surface area contributed by atoms with Crippen LogP contribution in [-0.2, 0) is 11.3 Å². The van der Waals surface area contributed by atoms with Crippen LogP contribution < -0.4 is 15.0 Å². The molecule has 9 heteroatoms. The Morgan fingerprint density at radius 2 is 1.82 bits per heavy atom. The number of morpholine rings is 1. The van der Waals surface area contributed by atoms with Gasteiger partial charge in [0.2, 0.25) is 5.95 Å². The lowest BCUT2D eigenvalue weighted by molar-refractivity contribution is 0.122. The number of hydrogen-bond acceptors (Lipinski definition) is 9. The Kier molecular flexibility index (Phi) is 7.01. The summed E-state index contributed by atoms with van der Waals surface area (Å²) in [5, 5.41) is 3.52. The van der Waals surface area contributed by atoms with E-state index in [1.54, 1.807) is 12.4 Å². The fraction of sp³-hybridized carbons (Fsp3) is 0.520. The Morgan fingerprint density at radius 1 is 1.03 bits per heavy atom. The van der Waals surface area contributed by atoms with E-state index >= 15 is 0 Å². The van der Waals surface area contributed by atoms with Crippen molar-refractivity contribution >= 4 is 22.7 Å². The van der Waals surface area contributed by atoms with Crippen LogP contribution in [0.15, 0.2) is 36.8 Å². The van der Waals surface area contributed by atoms with Crippen LogP contribution in [-0.4, -0.2) is 77.4 Å². The average Bonchev–Trinajstić information content (AvgIpc) is 2.85. The van der Waals surface area contributed by atoms with Gasteiger partial charge in [0.05, 0.1) is 30.5 Å². The summed E-state index contributed by atoms with van der Waals surface area (Å²) in [4.78, 5) is 22.6. The molecule has 180 valence electrons. The quantitative estimate of drug-likeness (QED) is 0.568. The number of ether oxygens (including phenoxy) is 2. The highest BCUT2D eigenvalue weighted by molar-refractivity contribution is 5.85. The van der Waals surface area contributed by atoms with Crippen molar-refractivity contribution in [3.8, 4) is 5.75 Å². The van der Waals surface area contributed by atoms with E-state index in [1.165, 1.54) is 0 Å². The molecule has 1 aliphatic carbocycles. The Hall–Kier alpha value is -3.04. The Balaban J connectivity index is 1.23. The molecule has 34 heavy (non-hydrogen) atoms. The van der Waals surface area contributed by atoms with Gasteiger partial charge in [-0.3, -0.25) is 4.98 Å². The third-order valence-corrected chi connectivity index (χ3v) is 6.39. The first-order chi connectivity index (χ1) is 16.6. The summed E-state index contributed by atoms with van der Waals surface area (Å²) < 4.78 is 12.1. The molecule has 1 saturated heterocycles. The van der Waals surface area contributed by atoms with E-state index in [4.69, 9.17) is 9.47 Å². The number of nitrogens with zero attached hydrogens (tertiary/aromatic N) is 6. The molecule has 0 radical (unpaired) electrons. The molecule has 3 aromatic rings. The van der Waals surface area contributed by atoms with Gasteiger partial charge in [-0.05, 0) is 51.9 Å². The molecule has 1 aliphatic heterocycles. The highest BCUT2D eigenvalue weighted by Gasteiger charge is 2.24. The predicted molar refractivity (Wildman–Crippen MR) is 132 cm³/mol. The van der Waals surface area contributed by atoms with E-state index < -0.39 is 0 Å². The van der Waals surface area contributed by atoms with Gasteiger partial charge in [0.1, 0.15) is 11.3 Å². The lowest BCUT2D eigenvalue weighted by Crippen LogP contribution is -2.36. The van der Waals surface area contributed by atoms with Crippen molar-refractivity contribution < 1.29 is 9.47 Å². The molecule has 0 atom stereocenters. The highest BCUT2D eigenvalue weighted by atomic mass is 16.5. The lowest BCUT2D eigenvalue weighted by atomic mass is 9.93. The van der Waals surface area contributed by atoms with Crippen molar-refractivity contribution in [3.63, 3.8) is 0 Å². The summed E-state index contributed by atoms with van der Waals surface area (Å²) in [6.07, 6.45) is 9.42. The van der Waals surface area contributed by atoms with E-state index in [-0.39, 0.29) is 6.10 Å². The van der Waals surface area contributed by atoms with Crippen LogP contribution in [0.3, 0.4) is 0 Å². The Bertz CT molecular complexity index is 1100. The number of anilines is 2. The van der Waals surface area contributed by atoms with Crippen LogP contribution in [0.25, 0.3) is 11.0 Å². The van der Waals surface area contributed by atoms with Crippen LogP contribution in [0.5, 0.6) is 5.75 Å². The molecule has 9 nitrogen and oxygen atoms in total. The monoisotopic (exact) mass is 463 g/mol. The van der Waals surface area contributed by atoms with Crippen molar-refractivity contribution in [2.75, 3.05) is 50.6 Å². The minimum atomic E-state index is 0.157. The molecule has 0 bridgehead atoms. The van der Waals surface area contributed by atoms with E-state index in [9.17, 15) is 0 Å². The smallest absolute Gasteiger partial charge is 0.223 e. The third-order valence-electron chi connectivity index (χ3n) is 6.39. The zero-order valence-electron chi connectivity index (χ0n) is 20.0. The molecule has 0 unspecified atom stereocenters. The minimum Gasteiger partial charge on any atom is -0.488 e. The third kappa shape index (κ3) is 5.53. The molecule has 2 fully saturated rings. The predicted octanol–water partition coefficient (Wildman–Crippen LogP) is 3.12. The van der Waals surface area contributed by atoms with E-state index in [0.717, 1.165) is 86.7 Å². The zero-order chi connectivity index (χ0) is 23.3. The van der Waals surface area contributed by atoms with Gasteiger partial charge in [-0.1, -0.05) is 0 Å². The fourth-order valence-corrected chi connectivity index (χ4v) is 4.69. The van der Waals surface area contributed by atoms with Gasteiger partial charge in [-0.15, -0.1) is 0 Å². The fourth-order valence-electron chi connectivity index (χ4n) is 4.69. The second-order valence-electron chi connectivity index (χ2n) is 9.31. The van der Waals surface area contributed by atoms with Gasteiger partial charge in [0.25, 0.3) is 0 Å². The normalized spacial score (nSPS) is 21.1. The summed E-state index contributed by atoms with van der Waals surface area (Å²) >= 11 is 0. The number of benzene rings is 1. The number of nitrogens with one attached hydrogen (secondary N) is 1. The molecule has 2 aromatic heterocycles. The van der Waals surface area contributed by atoms with Crippen LogP contribution in [0.4, 0.5) is 11.6 Å². The molecule has 2 aliphatic rings. The largest absolute Gasteiger partial charge is 0.488 e. The lowest BCUT2D eigenvalue weighted by Gasteiger charge is -2.31. The van der Waals surface area contributed by atoms with Crippen LogP contribution in [0.1, 0.15) is 31.4 Å². The van der Waals surface area contributed by atoms with Gasteiger partial charge in [0, 0.05) is 56.0 Å².